The average Bonchev–Trinajstić information content (AvgIpc) is 2.27. The molecule has 0 aliphatic carbocycles. The minimum absolute atomic E-state index is 0.236. The number of hydrogen-bond donors (Lipinski definition) is 0. The molecular weight excluding hydrogens is 196 g/mol. The average molecular weight is 206 g/mol. The number of ketones is 1. The van der Waals surface area contributed by atoms with E-state index in [0.29, 0.717) is 0 Å². The molecule has 1 amide bonds. The molecule has 0 spiro atoms. The number of methoxy groups -OCH3 is 1. The van der Waals surface area contributed by atoms with E-state index in [-0.39, 0.29) is 11.4 Å². The molecule has 0 aromatic carbocycles. The third kappa shape index (κ3) is 2.23. The lowest BCUT2D eigenvalue weighted by Crippen LogP contribution is -2.25. The first-order valence-corrected chi connectivity index (χ1v) is 4.27. The van der Waals surface area contributed by atoms with Crippen LogP contribution < -0.4 is 0 Å². The molecule has 0 saturated heterocycles. The number of amides is 1. The van der Waals surface area contributed by atoms with Gasteiger partial charge in [-0.15, -0.1) is 0 Å². The van der Waals surface area contributed by atoms with Crippen LogP contribution in [0.2, 0.25) is 0 Å². The molecule has 1 aliphatic rings. The number of nitriles is 1. The van der Waals surface area contributed by atoms with E-state index in [4.69, 9.17) is 5.26 Å². The van der Waals surface area contributed by atoms with Crippen molar-refractivity contribution in [3.8, 4) is 6.07 Å². The lowest BCUT2D eigenvalue weighted by atomic mass is 9.96. The van der Waals surface area contributed by atoms with Crippen molar-refractivity contribution in [3.63, 3.8) is 0 Å². The fraction of sp³-hybridized carbons (Fsp3) is 0.300. The van der Waals surface area contributed by atoms with Crippen molar-refractivity contribution in [2.24, 2.45) is 5.92 Å². The molecule has 0 aromatic heterocycles. The largest absolute Gasteiger partial charge is 0.452 e. The predicted octanol–water partition coefficient (Wildman–Crippen LogP) is 1.19. The highest BCUT2D eigenvalue weighted by Crippen LogP contribution is 2.19. The molecule has 5 heteroatoms. The van der Waals surface area contributed by atoms with E-state index in [1.807, 2.05) is 6.07 Å². The van der Waals surface area contributed by atoms with Gasteiger partial charge in [-0.05, 0) is 13.0 Å². The van der Waals surface area contributed by atoms with Crippen LogP contribution in [0.1, 0.15) is 6.92 Å². The topological polar surface area (TPSA) is 70.4 Å². The van der Waals surface area contributed by atoms with Crippen molar-refractivity contribution in [2.75, 3.05) is 7.11 Å². The third-order valence-corrected chi connectivity index (χ3v) is 1.98. The Balaban J connectivity index is 2.98. The van der Waals surface area contributed by atoms with Crippen LogP contribution in [0.5, 0.6) is 0 Å². The van der Waals surface area contributed by atoms with Crippen LogP contribution in [0, 0.1) is 17.2 Å². The number of rotatable bonds is 1. The zero-order chi connectivity index (χ0) is 11.4. The molecule has 0 saturated carbocycles. The number of carbonyl (C=O) groups is 2. The van der Waals surface area contributed by atoms with Gasteiger partial charge >= 0.3 is 6.09 Å². The zero-order valence-electron chi connectivity index (χ0n) is 8.43. The third-order valence-electron chi connectivity index (χ3n) is 1.98. The maximum Gasteiger partial charge on any atom is 0.417 e. The van der Waals surface area contributed by atoms with Gasteiger partial charge in [0.2, 0.25) is 0 Å². The van der Waals surface area contributed by atoms with E-state index in [1.54, 1.807) is 0 Å². The van der Waals surface area contributed by atoms with Crippen LogP contribution in [0.4, 0.5) is 4.79 Å². The molecule has 1 atom stereocenters. The van der Waals surface area contributed by atoms with E-state index in [1.165, 1.54) is 32.5 Å². The summed E-state index contributed by atoms with van der Waals surface area (Å²) in [7, 11) is 1.24. The molecule has 0 aromatic rings. The van der Waals surface area contributed by atoms with Crippen LogP contribution in [0.25, 0.3) is 0 Å². The summed E-state index contributed by atoms with van der Waals surface area (Å²) >= 11 is 0. The summed E-state index contributed by atoms with van der Waals surface area (Å²) in [6.45, 7) is 1.35. The quantitative estimate of drug-likeness (QED) is 0.646. The molecule has 78 valence electrons. The Morgan fingerprint density at radius 2 is 2.27 bits per heavy atom. The van der Waals surface area contributed by atoms with Gasteiger partial charge in [0.25, 0.3) is 0 Å². The van der Waals surface area contributed by atoms with Crippen LogP contribution in [-0.2, 0) is 9.53 Å². The molecule has 5 nitrogen and oxygen atoms in total. The van der Waals surface area contributed by atoms with E-state index in [0.717, 1.165) is 4.90 Å². The highest BCUT2D eigenvalue weighted by molar-refractivity contribution is 5.95. The van der Waals surface area contributed by atoms with Crippen molar-refractivity contribution in [3.05, 3.63) is 24.0 Å². The van der Waals surface area contributed by atoms with Crippen LogP contribution in [-0.4, -0.2) is 23.9 Å². The van der Waals surface area contributed by atoms with Gasteiger partial charge in [-0.3, -0.25) is 9.69 Å². The fourth-order valence-electron chi connectivity index (χ4n) is 1.20. The van der Waals surface area contributed by atoms with Crippen molar-refractivity contribution < 1.29 is 14.3 Å². The predicted molar refractivity (Wildman–Crippen MR) is 51.3 cm³/mol. The fourth-order valence-corrected chi connectivity index (χ4v) is 1.20. The molecular formula is C10H10N2O3. The molecule has 1 unspecified atom stereocenters. The first-order chi connectivity index (χ1) is 7.10. The summed E-state index contributed by atoms with van der Waals surface area (Å²) in [6.07, 6.45) is 3.61. The van der Waals surface area contributed by atoms with E-state index in [9.17, 15) is 9.59 Å². The second-order valence-electron chi connectivity index (χ2n) is 2.97. The number of nitrogens with zero attached hydrogens (tertiary/aromatic N) is 2. The van der Waals surface area contributed by atoms with Crippen molar-refractivity contribution in [1.82, 2.24) is 4.90 Å². The highest BCUT2D eigenvalue weighted by Gasteiger charge is 2.22. The summed E-state index contributed by atoms with van der Waals surface area (Å²) in [6, 6.07) is 1.96. The highest BCUT2D eigenvalue weighted by atomic mass is 16.5. The Morgan fingerprint density at radius 1 is 1.60 bits per heavy atom. The van der Waals surface area contributed by atoms with Crippen molar-refractivity contribution in [1.29, 1.82) is 5.26 Å². The first kappa shape index (κ1) is 11.0. The number of allylic oxidation sites excluding steroid dienone is 2. The smallest absolute Gasteiger partial charge is 0.417 e. The molecule has 0 fully saturated rings. The van der Waals surface area contributed by atoms with Crippen molar-refractivity contribution >= 4 is 11.9 Å². The Morgan fingerprint density at radius 3 is 2.73 bits per heavy atom. The van der Waals surface area contributed by atoms with E-state index >= 15 is 0 Å². The van der Waals surface area contributed by atoms with Gasteiger partial charge in [-0.1, -0.05) is 0 Å². The molecule has 15 heavy (non-hydrogen) atoms. The second kappa shape index (κ2) is 4.42. The van der Waals surface area contributed by atoms with Crippen molar-refractivity contribution in [2.45, 2.75) is 6.92 Å². The van der Waals surface area contributed by atoms with Gasteiger partial charge in [0.05, 0.1) is 19.1 Å². The van der Waals surface area contributed by atoms with Gasteiger partial charge in [0, 0.05) is 18.0 Å². The molecule has 1 aliphatic heterocycles. The number of hydrogen-bond acceptors (Lipinski definition) is 4. The van der Waals surface area contributed by atoms with E-state index < -0.39 is 12.0 Å². The lowest BCUT2D eigenvalue weighted by molar-refractivity contribution is -0.113. The Hall–Kier alpha value is -2.09. The molecule has 1 rings (SSSR count). The Kier molecular flexibility index (Phi) is 3.24. The summed E-state index contributed by atoms with van der Waals surface area (Å²) in [5.74, 6) is -0.830. The maximum absolute atomic E-state index is 11.2. The molecule has 0 N–H and O–H groups in total. The molecule has 1 heterocycles. The molecule has 0 bridgehead atoms. The van der Waals surface area contributed by atoms with E-state index in [2.05, 4.69) is 4.74 Å². The SMILES string of the molecule is COC(=O)N1C=CC(C#N)C(C(C)=O)=C1. The summed E-state index contributed by atoms with van der Waals surface area (Å²) in [5.41, 5.74) is 0.283. The summed E-state index contributed by atoms with van der Waals surface area (Å²) in [4.78, 5) is 23.5. The van der Waals surface area contributed by atoms with Gasteiger partial charge in [0.1, 0.15) is 0 Å². The first-order valence-electron chi connectivity index (χ1n) is 4.27. The minimum Gasteiger partial charge on any atom is -0.452 e. The van der Waals surface area contributed by atoms with Gasteiger partial charge in [-0.2, -0.15) is 5.26 Å². The normalized spacial score (nSPS) is 19.1. The number of carbonyl (C=O) groups excluding carboxylic acids is 2. The maximum atomic E-state index is 11.2. The van der Waals surface area contributed by atoms with Gasteiger partial charge in [0.15, 0.2) is 5.78 Å². The Bertz CT molecular complexity index is 390. The second-order valence-corrected chi connectivity index (χ2v) is 2.97. The minimum atomic E-state index is -0.596. The van der Waals surface area contributed by atoms with Crippen LogP contribution in [0.15, 0.2) is 24.0 Å². The summed E-state index contributed by atoms with van der Waals surface area (Å²) in [5, 5.41) is 8.76. The Labute approximate surface area is 87.2 Å². The zero-order valence-corrected chi connectivity index (χ0v) is 8.43. The number of Topliss-reactive ketones (excluding diaryl/α,β-unsaturated/α-hetero) is 1. The molecule has 0 radical (unpaired) electrons. The van der Waals surface area contributed by atoms with Gasteiger partial charge < -0.3 is 4.74 Å². The standard InChI is InChI=1S/C10H10N2O3/c1-7(13)9-6-12(10(14)15-2)4-3-8(9)5-11/h3-4,6,8H,1-2H3. The van der Waals surface area contributed by atoms with Gasteiger partial charge in [-0.25, -0.2) is 4.79 Å². The van der Waals surface area contributed by atoms with Crippen LogP contribution >= 0.6 is 0 Å². The van der Waals surface area contributed by atoms with Crippen LogP contribution in [0.3, 0.4) is 0 Å². The monoisotopic (exact) mass is 206 g/mol. The number of ether oxygens (including phenoxy) is 1. The lowest BCUT2D eigenvalue weighted by Gasteiger charge is -2.19. The summed E-state index contributed by atoms with van der Waals surface area (Å²) < 4.78 is 4.48.